The van der Waals surface area contributed by atoms with Crippen molar-refractivity contribution in [3.05, 3.63) is 34.1 Å². The molecule has 1 heterocycles. The van der Waals surface area contributed by atoms with Crippen LogP contribution >= 0.6 is 15.9 Å². The SMILES string of the molecule is CCC1N=C(c2cc(F)cc(Br)c2)NC1=O. The fourth-order valence-corrected chi connectivity index (χ4v) is 2.03. The number of rotatable bonds is 2. The van der Waals surface area contributed by atoms with Gasteiger partial charge in [-0.3, -0.25) is 9.79 Å². The lowest BCUT2D eigenvalue weighted by Gasteiger charge is -2.02. The molecule has 0 radical (unpaired) electrons. The fourth-order valence-electron chi connectivity index (χ4n) is 1.56. The number of amidine groups is 1. The smallest absolute Gasteiger partial charge is 0.250 e. The van der Waals surface area contributed by atoms with Gasteiger partial charge in [-0.05, 0) is 24.6 Å². The summed E-state index contributed by atoms with van der Waals surface area (Å²) in [5, 5.41) is 2.65. The molecule has 2 rings (SSSR count). The highest BCUT2D eigenvalue weighted by Crippen LogP contribution is 2.17. The number of halogens is 2. The molecule has 1 aromatic carbocycles. The Balaban J connectivity index is 2.35. The molecular weight excluding hydrogens is 275 g/mol. The van der Waals surface area contributed by atoms with Crippen molar-refractivity contribution in [2.24, 2.45) is 4.99 Å². The van der Waals surface area contributed by atoms with Crippen LogP contribution < -0.4 is 5.32 Å². The lowest BCUT2D eigenvalue weighted by atomic mass is 10.2. The van der Waals surface area contributed by atoms with Crippen molar-refractivity contribution in [1.29, 1.82) is 0 Å². The van der Waals surface area contributed by atoms with Crippen LogP contribution in [-0.4, -0.2) is 17.8 Å². The molecule has 1 atom stereocenters. The summed E-state index contributed by atoms with van der Waals surface area (Å²) in [6.45, 7) is 1.89. The Morgan fingerprint density at radius 2 is 2.25 bits per heavy atom. The van der Waals surface area contributed by atoms with Crippen LogP contribution in [0.3, 0.4) is 0 Å². The monoisotopic (exact) mass is 284 g/mol. The summed E-state index contributed by atoms with van der Waals surface area (Å²) < 4.78 is 13.8. The number of nitrogens with one attached hydrogen (secondary N) is 1. The zero-order chi connectivity index (χ0) is 11.7. The van der Waals surface area contributed by atoms with Crippen LogP contribution in [0.2, 0.25) is 0 Å². The predicted octanol–water partition coefficient (Wildman–Crippen LogP) is 2.24. The maximum Gasteiger partial charge on any atom is 0.250 e. The predicted molar refractivity (Wildman–Crippen MR) is 62.9 cm³/mol. The zero-order valence-electron chi connectivity index (χ0n) is 8.63. The molecule has 1 aliphatic rings. The molecule has 1 N–H and O–H groups in total. The molecule has 0 saturated heterocycles. The van der Waals surface area contributed by atoms with Gasteiger partial charge < -0.3 is 5.32 Å². The van der Waals surface area contributed by atoms with Crippen molar-refractivity contribution in [2.75, 3.05) is 0 Å². The van der Waals surface area contributed by atoms with Crippen LogP contribution in [-0.2, 0) is 4.79 Å². The van der Waals surface area contributed by atoms with Crippen LogP contribution in [0.1, 0.15) is 18.9 Å². The van der Waals surface area contributed by atoms with Crippen molar-refractivity contribution < 1.29 is 9.18 Å². The second-order valence-electron chi connectivity index (χ2n) is 3.55. The Kier molecular flexibility index (Phi) is 3.05. The lowest BCUT2D eigenvalue weighted by molar-refractivity contribution is -0.120. The van der Waals surface area contributed by atoms with Crippen LogP contribution in [0, 0.1) is 5.82 Å². The van der Waals surface area contributed by atoms with E-state index in [2.05, 4.69) is 26.2 Å². The van der Waals surface area contributed by atoms with E-state index >= 15 is 0 Å². The molecule has 1 unspecified atom stereocenters. The van der Waals surface area contributed by atoms with Crippen LogP contribution in [0.15, 0.2) is 27.7 Å². The number of benzene rings is 1. The van der Waals surface area contributed by atoms with Gasteiger partial charge in [0.05, 0.1) is 0 Å². The number of aliphatic imine (C=N–C) groups is 1. The minimum Gasteiger partial charge on any atom is -0.309 e. The largest absolute Gasteiger partial charge is 0.309 e. The average molecular weight is 285 g/mol. The van der Waals surface area contributed by atoms with Gasteiger partial charge in [-0.15, -0.1) is 0 Å². The van der Waals surface area contributed by atoms with Gasteiger partial charge in [0.25, 0.3) is 0 Å². The first-order valence-electron chi connectivity index (χ1n) is 4.95. The number of nitrogens with zero attached hydrogens (tertiary/aromatic N) is 1. The Bertz CT molecular complexity index is 453. The zero-order valence-corrected chi connectivity index (χ0v) is 10.2. The molecule has 0 bridgehead atoms. The molecule has 0 fully saturated rings. The molecule has 84 valence electrons. The van der Waals surface area contributed by atoms with Gasteiger partial charge in [0, 0.05) is 10.0 Å². The number of carbonyl (C=O) groups is 1. The van der Waals surface area contributed by atoms with Gasteiger partial charge in [0.1, 0.15) is 17.7 Å². The van der Waals surface area contributed by atoms with E-state index in [0.717, 1.165) is 0 Å². The number of carbonyl (C=O) groups excluding carboxylic acids is 1. The van der Waals surface area contributed by atoms with E-state index in [1.54, 1.807) is 6.07 Å². The Morgan fingerprint density at radius 1 is 1.50 bits per heavy atom. The molecule has 1 amide bonds. The van der Waals surface area contributed by atoms with Gasteiger partial charge >= 0.3 is 0 Å². The first-order valence-corrected chi connectivity index (χ1v) is 5.74. The lowest BCUT2D eigenvalue weighted by Crippen LogP contribution is -2.28. The third-order valence-electron chi connectivity index (χ3n) is 2.35. The van der Waals surface area contributed by atoms with Crippen LogP contribution in [0.5, 0.6) is 0 Å². The van der Waals surface area contributed by atoms with Gasteiger partial charge in [0.2, 0.25) is 5.91 Å². The summed E-state index contributed by atoms with van der Waals surface area (Å²) in [6, 6.07) is 4.08. The molecule has 0 saturated carbocycles. The minimum atomic E-state index is -0.360. The number of hydrogen-bond donors (Lipinski definition) is 1. The van der Waals surface area contributed by atoms with E-state index in [0.29, 0.717) is 22.3 Å². The summed E-state index contributed by atoms with van der Waals surface area (Å²) in [7, 11) is 0. The molecule has 1 aliphatic heterocycles. The van der Waals surface area contributed by atoms with Gasteiger partial charge in [-0.2, -0.15) is 0 Å². The van der Waals surface area contributed by atoms with Crippen LogP contribution in [0.4, 0.5) is 4.39 Å². The summed E-state index contributed by atoms with van der Waals surface area (Å²) in [5.41, 5.74) is 0.580. The van der Waals surface area contributed by atoms with Crippen molar-refractivity contribution in [3.8, 4) is 0 Å². The van der Waals surface area contributed by atoms with Crippen molar-refractivity contribution in [1.82, 2.24) is 5.32 Å². The molecule has 1 aromatic rings. The summed E-state index contributed by atoms with van der Waals surface area (Å²) in [6.07, 6.45) is 0.645. The van der Waals surface area contributed by atoms with Gasteiger partial charge in [-0.1, -0.05) is 22.9 Å². The van der Waals surface area contributed by atoms with E-state index < -0.39 is 0 Å². The first-order chi connectivity index (χ1) is 7.60. The second-order valence-corrected chi connectivity index (χ2v) is 4.46. The Labute approximate surface area is 101 Å². The molecule has 0 aliphatic carbocycles. The molecule has 0 aromatic heterocycles. The Morgan fingerprint density at radius 3 is 2.81 bits per heavy atom. The average Bonchev–Trinajstić information content (AvgIpc) is 2.58. The van der Waals surface area contributed by atoms with Crippen molar-refractivity contribution in [3.63, 3.8) is 0 Å². The number of hydrogen-bond acceptors (Lipinski definition) is 2. The summed E-state index contributed by atoms with van der Waals surface area (Å²) in [4.78, 5) is 15.6. The Hall–Kier alpha value is -1.23. The summed E-state index contributed by atoms with van der Waals surface area (Å²) >= 11 is 3.20. The second kappa shape index (κ2) is 4.33. The van der Waals surface area contributed by atoms with Gasteiger partial charge in [0.15, 0.2) is 0 Å². The van der Waals surface area contributed by atoms with E-state index in [4.69, 9.17) is 0 Å². The summed E-state index contributed by atoms with van der Waals surface area (Å²) in [5.74, 6) is -0.0452. The highest BCUT2D eigenvalue weighted by Gasteiger charge is 2.25. The van der Waals surface area contributed by atoms with Crippen molar-refractivity contribution >= 4 is 27.7 Å². The van der Waals surface area contributed by atoms with Crippen molar-refractivity contribution in [2.45, 2.75) is 19.4 Å². The highest BCUT2D eigenvalue weighted by atomic mass is 79.9. The van der Waals surface area contributed by atoms with E-state index in [1.165, 1.54) is 12.1 Å². The molecular formula is C11H10BrFN2O. The molecule has 3 nitrogen and oxygen atoms in total. The van der Waals surface area contributed by atoms with E-state index in [-0.39, 0.29) is 17.8 Å². The maximum atomic E-state index is 13.2. The van der Waals surface area contributed by atoms with Gasteiger partial charge in [-0.25, -0.2) is 4.39 Å². The quantitative estimate of drug-likeness (QED) is 0.889. The van der Waals surface area contributed by atoms with E-state index in [9.17, 15) is 9.18 Å². The third-order valence-corrected chi connectivity index (χ3v) is 2.81. The standard InChI is InChI=1S/C11H10BrFN2O/c1-2-9-11(16)15-10(14-9)6-3-7(12)5-8(13)4-6/h3-5,9H,2H2,1H3,(H,14,15,16). The first kappa shape index (κ1) is 11.3. The molecule has 0 spiro atoms. The third kappa shape index (κ3) is 2.14. The minimum absolute atomic E-state index is 0.127. The maximum absolute atomic E-state index is 13.2. The van der Waals surface area contributed by atoms with Crippen LogP contribution in [0.25, 0.3) is 0 Å². The fraction of sp³-hybridized carbons (Fsp3) is 0.273. The number of amides is 1. The highest BCUT2D eigenvalue weighted by molar-refractivity contribution is 9.10. The topological polar surface area (TPSA) is 41.5 Å². The molecule has 5 heteroatoms. The normalized spacial score (nSPS) is 19.6. The molecule has 16 heavy (non-hydrogen) atoms. The van der Waals surface area contributed by atoms with E-state index in [1.807, 2.05) is 6.92 Å².